The summed E-state index contributed by atoms with van der Waals surface area (Å²) in [4.78, 5) is 0. The van der Waals surface area contributed by atoms with Crippen LogP contribution in [0.1, 0.15) is 11.1 Å². The Bertz CT molecular complexity index is 1320. The van der Waals surface area contributed by atoms with Gasteiger partial charge in [-0.1, -0.05) is 48.5 Å². The Hall–Kier alpha value is -3.56. The molecule has 0 atom stereocenters. The maximum atomic E-state index is 11.7. The Morgan fingerprint density at radius 1 is 1.00 bits per heavy atom. The molecule has 1 heterocycles. The summed E-state index contributed by atoms with van der Waals surface area (Å²) in [6.07, 6.45) is 3.21. The molecule has 4 rings (SSSR count). The van der Waals surface area contributed by atoms with Crippen molar-refractivity contribution in [3.8, 4) is 17.2 Å². The van der Waals surface area contributed by atoms with Gasteiger partial charge in [-0.25, -0.2) is 8.42 Å². The number of rotatable bonds is 5. The van der Waals surface area contributed by atoms with Crippen LogP contribution in [0.5, 0.6) is 0 Å². The number of sulfonamides is 1. The normalized spacial score (nSPS) is 11.3. The summed E-state index contributed by atoms with van der Waals surface area (Å²) >= 11 is 0. The van der Waals surface area contributed by atoms with Crippen molar-refractivity contribution >= 4 is 26.6 Å². The number of nitrogens with one attached hydrogen (secondary N) is 1. The van der Waals surface area contributed by atoms with E-state index in [1.165, 1.54) is 0 Å². The van der Waals surface area contributed by atoms with E-state index < -0.39 is 10.0 Å². The monoisotopic (exact) mass is 401 g/mol. The van der Waals surface area contributed by atoms with E-state index in [2.05, 4.69) is 33.7 Å². The Morgan fingerprint density at radius 2 is 1.72 bits per heavy atom. The van der Waals surface area contributed by atoms with Crippen LogP contribution in [0.15, 0.2) is 79.0 Å². The van der Waals surface area contributed by atoms with Gasteiger partial charge in [-0.15, -0.1) is 0 Å². The number of aromatic nitrogens is 1. The molecule has 1 aromatic heterocycles. The second kappa shape index (κ2) is 7.46. The van der Waals surface area contributed by atoms with E-state index in [4.69, 9.17) is 5.26 Å². The zero-order valence-electron chi connectivity index (χ0n) is 15.8. The quantitative estimate of drug-likeness (QED) is 0.531. The molecule has 0 aliphatic heterocycles. The number of benzene rings is 3. The van der Waals surface area contributed by atoms with Crippen molar-refractivity contribution in [1.82, 2.24) is 4.57 Å². The Kier molecular flexibility index (Phi) is 4.83. The van der Waals surface area contributed by atoms with E-state index in [0.717, 1.165) is 33.8 Å². The standard InChI is InChI=1S/C23H19N3O2S/c1-29(27,28)25-20-11-12-21-22(19-9-7-17(14-24)8-10-19)16-26(23(21)13-20)15-18-5-3-2-4-6-18/h2-13,16,25H,15H2,1H3. The minimum absolute atomic E-state index is 0.527. The molecule has 0 spiro atoms. The molecule has 0 radical (unpaired) electrons. The van der Waals surface area contributed by atoms with Gasteiger partial charge in [-0.3, -0.25) is 4.72 Å². The predicted octanol–water partition coefficient (Wildman–Crippen LogP) is 4.60. The lowest BCUT2D eigenvalue weighted by molar-refractivity contribution is 0.607. The molecule has 4 aromatic rings. The van der Waals surface area contributed by atoms with Gasteiger partial charge in [0.2, 0.25) is 10.0 Å². The summed E-state index contributed by atoms with van der Waals surface area (Å²) in [6, 6.07) is 25.3. The van der Waals surface area contributed by atoms with Crippen LogP contribution in [0.4, 0.5) is 5.69 Å². The van der Waals surface area contributed by atoms with Gasteiger partial charge in [0.1, 0.15) is 0 Å². The van der Waals surface area contributed by atoms with Crippen molar-refractivity contribution in [2.75, 3.05) is 11.0 Å². The van der Waals surface area contributed by atoms with Crippen molar-refractivity contribution < 1.29 is 8.42 Å². The van der Waals surface area contributed by atoms with Gasteiger partial charge in [0.05, 0.1) is 29.1 Å². The molecule has 0 amide bonds. The van der Waals surface area contributed by atoms with Gasteiger partial charge in [0.15, 0.2) is 0 Å². The molecule has 0 saturated carbocycles. The van der Waals surface area contributed by atoms with E-state index in [0.29, 0.717) is 17.8 Å². The second-order valence-corrected chi connectivity index (χ2v) is 8.70. The molecule has 0 fully saturated rings. The van der Waals surface area contributed by atoms with Gasteiger partial charge in [-0.2, -0.15) is 5.26 Å². The highest BCUT2D eigenvalue weighted by atomic mass is 32.2. The predicted molar refractivity (Wildman–Crippen MR) is 116 cm³/mol. The van der Waals surface area contributed by atoms with Gasteiger partial charge >= 0.3 is 0 Å². The van der Waals surface area contributed by atoms with Crippen LogP contribution in [-0.2, 0) is 16.6 Å². The maximum absolute atomic E-state index is 11.7. The maximum Gasteiger partial charge on any atom is 0.229 e. The molecule has 0 saturated heterocycles. The first-order valence-corrected chi connectivity index (χ1v) is 11.0. The highest BCUT2D eigenvalue weighted by Crippen LogP contribution is 2.33. The molecule has 3 aromatic carbocycles. The van der Waals surface area contributed by atoms with Crippen LogP contribution in [0.3, 0.4) is 0 Å². The number of nitriles is 1. The van der Waals surface area contributed by atoms with E-state index >= 15 is 0 Å². The number of hydrogen-bond donors (Lipinski definition) is 1. The van der Waals surface area contributed by atoms with E-state index in [9.17, 15) is 8.42 Å². The van der Waals surface area contributed by atoms with Crippen LogP contribution in [0.2, 0.25) is 0 Å². The molecule has 0 unspecified atom stereocenters. The first-order valence-electron chi connectivity index (χ1n) is 9.08. The van der Waals surface area contributed by atoms with Crippen LogP contribution >= 0.6 is 0 Å². The third-order valence-electron chi connectivity index (χ3n) is 4.71. The minimum atomic E-state index is -3.36. The lowest BCUT2D eigenvalue weighted by Gasteiger charge is -2.08. The van der Waals surface area contributed by atoms with Gasteiger partial charge in [-0.05, 0) is 35.4 Å². The van der Waals surface area contributed by atoms with Crippen molar-refractivity contribution in [2.24, 2.45) is 0 Å². The molecule has 0 aliphatic rings. The number of hydrogen-bond acceptors (Lipinski definition) is 3. The van der Waals surface area contributed by atoms with Crippen molar-refractivity contribution in [3.63, 3.8) is 0 Å². The smallest absolute Gasteiger partial charge is 0.229 e. The molecule has 144 valence electrons. The van der Waals surface area contributed by atoms with Crippen LogP contribution in [-0.4, -0.2) is 19.2 Å². The van der Waals surface area contributed by atoms with Crippen molar-refractivity contribution in [2.45, 2.75) is 6.54 Å². The van der Waals surface area contributed by atoms with E-state index in [1.807, 2.05) is 42.5 Å². The fourth-order valence-electron chi connectivity index (χ4n) is 3.43. The molecule has 6 heteroatoms. The number of nitrogens with zero attached hydrogens (tertiary/aromatic N) is 2. The fraction of sp³-hybridized carbons (Fsp3) is 0.0870. The zero-order chi connectivity index (χ0) is 20.4. The van der Waals surface area contributed by atoms with E-state index in [1.54, 1.807) is 18.2 Å². The average molecular weight is 401 g/mol. The highest BCUT2D eigenvalue weighted by Gasteiger charge is 2.13. The van der Waals surface area contributed by atoms with Crippen LogP contribution in [0.25, 0.3) is 22.0 Å². The Balaban J connectivity index is 1.86. The molecule has 0 aliphatic carbocycles. The average Bonchev–Trinajstić information content (AvgIpc) is 3.05. The number of fused-ring (bicyclic) bond motifs is 1. The molecule has 1 N–H and O–H groups in total. The lowest BCUT2D eigenvalue weighted by Crippen LogP contribution is -2.09. The molecular formula is C23H19N3O2S. The van der Waals surface area contributed by atoms with Crippen molar-refractivity contribution in [1.29, 1.82) is 5.26 Å². The zero-order valence-corrected chi connectivity index (χ0v) is 16.6. The summed E-state index contributed by atoms with van der Waals surface area (Å²) in [7, 11) is -3.36. The highest BCUT2D eigenvalue weighted by molar-refractivity contribution is 7.92. The Morgan fingerprint density at radius 3 is 2.38 bits per heavy atom. The lowest BCUT2D eigenvalue weighted by atomic mass is 10.0. The molecule has 0 bridgehead atoms. The second-order valence-electron chi connectivity index (χ2n) is 6.95. The van der Waals surface area contributed by atoms with Gasteiger partial charge in [0.25, 0.3) is 0 Å². The van der Waals surface area contributed by atoms with Crippen LogP contribution < -0.4 is 4.72 Å². The summed E-state index contributed by atoms with van der Waals surface area (Å²) in [5.41, 5.74) is 5.26. The summed E-state index contributed by atoms with van der Waals surface area (Å²) in [5, 5.41) is 10.1. The third kappa shape index (κ3) is 4.15. The summed E-state index contributed by atoms with van der Waals surface area (Å²) < 4.78 is 28.0. The molecule has 29 heavy (non-hydrogen) atoms. The van der Waals surface area contributed by atoms with E-state index in [-0.39, 0.29) is 0 Å². The molecular weight excluding hydrogens is 382 g/mol. The molecule has 5 nitrogen and oxygen atoms in total. The first kappa shape index (κ1) is 18.8. The SMILES string of the molecule is CS(=O)(=O)Nc1ccc2c(-c3ccc(C#N)cc3)cn(Cc3ccccc3)c2c1. The minimum Gasteiger partial charge on any atom is -0.342 e. The first-order chi connectivity index (χ1) is 13.9. The van der Waals surface area contributed by atoms with Gasteiger partial charge in [0, 0.05) is 23.7 Å². The topological polar surface area (TPSA) is 74.9 Å². The summed E-state index contributed by atoms with van der Waals surface area (Å²) in [5.74, 6) is 0. The fourth-order valence-corrected chi connectivity index (χ4v) is 3.99. The van der Waals surface area contributed by atoms with Crippen LogP contribution in [0, 0.1) is 11.3 Å². The van der Waals surface area contributed by atoms with Crippen molar-refractivity contribution in [3.05, 3.63) is 90.1 Å². The third-order valence-corrected chi connectivity index (χ3v) is 5.31. The van der Waals surface area contributed by atoms with Gasteiger partial charge < -0.3 is 4.57 Å². The Labute approximate surface area is 169 Å². The number of anilines is 1. The largest absolute Gasteiger partial charge is 0.342 e. The summed E-state index contributed by atoms with van der Waals surface area (Å²) in [6.45, 7) is 0.663.